The van der Waals surface area contributed by atoms with Crippen LogP contribution in [0, 0.1) is 5.92 Å². The van der Waals surface area contributed by atoms with Crippen LogP contribution in [0.5, 0.6) is 11.5 Å². The number of likely N-dealkylation sites (N-methyl/N-ethyl adjacent to an activating group) is 1. The van der Waals surface area contributed by atoms with E-state index in [1.165, 1.54) is 18.9 Å². The van der Waals surface area contributed by atoms with Gasteiger partial charge in [-0.05, 0) is 80.3 Å². The number of carbonyl (C=O) groups is 1. The van der Waals surface area contributed by atoms with Crippen LogP contribution in [0.15, 0.2) is 36.4 Å². The van der Waals surface area contributed by atoms with Gasteiger partial charge in [0.05, 0.1) is 22.6 Å². The predicted octanol–water partition coefficient (Wildman–Crippen LogP) is 4.82. The number of alkyl halides is 3. The molecule has 2 aromatic carbocycles. The number of phenols is 1. The number of amides is 2. The van der Waals surface area contributed by atoms with Crippen molar-refractivity contribution in [2.75, 3.05) is 20.1 Å². The average Bonchev–Trinajstić information content (AvgIpc) is 3.66. The van der Waals surface area contributed by atoms with Gasteiger partial charge < -0.3 is 25.2 Å². The Bertz CT molecular complexity index is 1360. The summed E-state index contributed by atoms with van der Waals surface area (Å²) in [6.45, 7) is 1.75. The molecule has 3 aliphatic carbocycles. The number of benzene rings is 2. The van der Waals surface area contributed by atoms with Crippen LogP contribution in [0.3, 0.4) is 0 Å². The van der Waals surface area contributed by atoms with Crippen LogP contribution in [0.1, 0.15) is 61.8 Å². The van der Waals surface area contributed by atoms with Gasteiger partial charge in [-0.3, -0.25) is 4.90 Å². The quantitative estimate of drug-likeness (QED) is 0.478. The number of ether oxygens (including phenoxy) is 1. The van der Waals surface area contributed by atoms with Crippen molar-refractivity contribution < 1.29 is 32.9 Å². The van der Waals surface area contributed by atoms with E-state index < -0.39 is 40.9 Å². The van der Waals surface area contributed by atoms with Gasteiger partial charge in [-0.25, -0.2) is 4.79 Å². The third-order valence-electron chi connectivity index (χ3n) is 10.2. The summed E-state index contributed by atoms with van der Waals surface area (Å²) in [6.07, 6.45) is -0.190. The molecule has 2 amide bonds. The van der Waals surface area contributed by atoms with Gasteiger partial charge in [0.15, 0.2) is 11.5 Å². The number of nitrogens with zero attached hydrogens (tertiary/aromatic N) is 2. The summed E-state index contributed by atoms with van der Waals surface area (Å²) in [7, 11) is 1.67. The molecular formula is C31H38F3N3O4. The fourth-order valence-electron chi connectivity index (χ4n) is 8.16. The van der Waals surface area contributed by atoms with Crippen LogP contribution in [0.4, 0.5) is 18.0 Å². The lowest BCUT2D eigenvalue weighted by atomic mass is 9.48. The Morgan fingerprint density at radius 1 is 1.20 bits per heavy atom. The zero-order valence-corrected chi connectivity index (χ0v) is 22.4. The highest BCUT2D eigenvalue weighted by Gasteiger charge is 2.73. The molecule has 0 unspecified atom stereocenters. The molecule has 7 nitrogen and oxygen atoms in total. The van der Waals surface area contributed by atoms with Crippen molar-refractivity contribution in [3.63, 3.8) is 0 Å². The summed E-state index contributed by atoms with van der Waals surface area (Å²) in [5, 5.41) is 26.1. The lowest BCUT2D eigenvalue weighted by Gasteiger charge is -2.64. The van der Waals surface area contributed by atoms with E-state index in [1.54, 1.807) is 24.1 Å². The fourth-order valence-corrected chi connectivity index (χ4v) is 8.16. The maximum atomic E-state index is 13.3. The summed E-state index contributed by atoms with van der Waals surface area (Å²) in [5.74, 6) is 1.15. The molecule has 41 heavy (non-hydrogen) atoms. The van der Waals surface area contributed by atoms with Gasteiger partial charge in [0.2, 0.25) is 0 Å². The highest BCUT2D eigenvalue weighted by molar-refractivity contribution is 5.75. The number of rotatable bonds is 5. The van der Waals surface area contributed by atoms with Crippen LogP contribution >= 0.6 is 0 Å². The molecular weight excluding hydrogens is 535 g/mol. The largest absolute Gasteiger partial charge is 0.504 e. The number of halogens is 3. The molecule has 1 spiro atoms. The van der Waals surface area contributed by atoms with Crippen molar-refractivity contribution in [3.05, 3.63) is 58.7 Å². The van der Waals surface area contributed by atoms with E-state index in [-0.39, 0.29) is 25.8 Å². The van der Waals surface area contributed by atoms with Gasteiger partial charge in [0.25, 0.3) is 0 Å². The van der Waals surface area contributed by atoms with Gasteiger partial charge in [-0.2, -0.15) is 13.2 Å². The van der Waals surface area contributed by atoms with Crippen LogP contribution in [0.2, 0.25) is 0 Å². The van der Waals surface area contributed by atoms with Crippen molar-refractivity contribution in [3.8, 4) is 11.5 Å². The highest BCUT2D eigenvalue weighted by atomic mass is 19.4. The highest BCUT2D eigenvalue weighted by Crippen LogP contribution is 2.66. The molecule has 0 aromatic heterocycles. The number of likely N-dealkylation sites (tertiary alicyclic amines) is 1. The van der Waals surface area contributed by atoms with E-state index >= 15 is 0 Å². The van der Waals surface area contributed by atoms with Crippen LogP contribution in [0.25, 0.3) is 0 Å². The minimum absolute atomic E-state index is 0. The van der Waals surface area contributed by atoms with Crippen LogP contribution in [-0.2, 0) is 24.6 Å². The lowest BCUT2D eigenvalue weighted by molar-refractivity contribution is -0.197. The van der Waals surface area contributed by atoms with Crippen molar-refractivity contribution in [1.82, 2.24) is 15.1 Å². The Kier molecular flexibility index (Phi) is 6.54. The van der Waals surface area contributed by atoms with Crippen LogP contribution in [-0.4, -0.2) is 70.0 Å². The van der Waals surface area contributed by atoms with E-state index in [4.69, 9.17) is 4.74 Å². The van der Waals surface area contributed by atoms with E-state index in [1.807, 2.05) is 6.07 Å². The van der Waals surface area contributed by atoms with Gasteiger partial charge in [-0.1, -0.05) is 25.6 Å². The van der Waals surface area contributed by atoms with E-state index in [2.05, 4.69) is 10.2 Å². The maximum Gasteiger partial charge on any atom is 0.416 e. The van der Waals surface area contributed by atoms with Gasteiger partial charge in [-0.15, -0.1) is 0 Å². The number of urea groups is 1. The molecule has 10 heteroatoms. The first-order valence-corrected chi connectivity index (χ1v) is 14.2. The van der Waals surface area contributed by atoms with E-state index in [9.17, 15) is 28.2 Å². The Morgan fingerprint density at radius 3 is 2.71 bits per heavy atom. The standard InChI is InChI=1S/C30H34F3N3O4.CH4/c1-35(27(38)34-15-18-3-2-4-20(13-18)30(31,32)33)21-9-10-29(39)23-14-19-7-8-22(37)25-24(19)28(29,26(21)40-25)11-12-36(23)16-17-5-6-17;/h2-4,7-8,13,17,21,23,26,37,39H,5-6,9-12,14-16H2,1H3,(H,34,38);1H4/t21-,23-,26+,28+,29-;/m1./s1. The number of phenolic OH excluding ortho intramolecular Hbond substituents is 1. The minimum atomic E-state index is -4.46. The molecule has 5 aliphatic rings. The number of piperidine rings is 1. The van der Waals surface area contributed by atoms with E-state index in [0.717, 1.165) is 36.3 Å². The summed E-state index contributed by atoms with van der Waals surface area (Å²) in [4.78, 5) is 17.4. The molecule has 2 aliphatic heterocycles. The van der Waals surface area contributed by atoms with Crippen LogP contribution < -0.4 is 10.1 Å². The van der Waals surface area contributed by atoms with Crippen molar-refractivity contribution in [2.45, 2.75) is 87.9 Å². The predicted molar refractivity (Wildman–Crippen MR) is 147 cm³/mol. The second-order valence-electron chi connectivity index (χ2n) is 12.4. The summed E-state index contributed by atoms with van der Waals surface area (Å²) in [5.41, 5.74) is -0.232. The first-order chi connectivity index (χ1) is 19.0. The van der Waals surface area contributed by atoms with Crippen molar-refractivity contribution >= 4 is 6.03 Å². The smallest absolute Gasteiger partial charge is 0.416 e. The second-order valence-corrected chi connectivity index (χ2v) is 12.4. The SMILES string of the molecule is C.CN(C(=O)NCc1cccc(C(F)(F)F)c1)[C@@H]1CC[C@@]2(O)[C@H]3Cc4ccc(O)c5c4[C@@]2(CCN3CC2CC2)[C@H]1O5. The number of hydrogen-bond acceptors (Lipinski definition) is 5. The molecule has 2 bridgehead atoms. The van der Waals surface area contributed by atoms with Crippen molar-refractivity contribution in [1.29, 1.82) is 0 Å². The Hall–Kier alpha value is -2.98. The summed E-state index contributed by atoms with van der Waals surface area (Å²) < 4.78 is 45.9. The number of aliphatic hydroxyl groups is 1. The second kappa shape index (κ2) is 9.52. The lowest BCUT2D eigenvalue weighted by Crippen LogP contribution is -2.78. The molecule has 2 heterocycles. The maximum absolute atomic E-state index is 13.3. The number of carbonyl (C=O) groups excluding carboxylic acids is 1. The minimum Gasteiger partial charge on any atom is -0.504 e. The average molecular weight is 574 g/mol. The Balaban J connectivity index is 0.00000302. The summed E-state index contributed by atoms with van der Waals surface area (Å²) in [6, 6.07) is 7.66. The Morgan fingerprint density at radius 2 is 1.98 bits per heavy atom. The molecule has 222 valence electrons. The molecule has 2 aromatic rings. The molecule has 2 saturated carbocycles. The summed E-state index contributed by atoms with van der Waals surface area (Å²) >= 11 is 0. The zero-order valence-electron chi connectivity index (χ0n) is 22.4. The van der Waals surface area contributed by atoms with E-state index in [0.29, 0.717) is 42.9 Å². The normalized spacial score (nSPS) is 31.5. The first-order valence-electron chi connectivity index (χ1n) is 14.2. The fraction of sp³-hybridized carbons (Fsp3) is 0.581. The molecule has 3 N–H and O–H groups in total. The number of hydrogen-bond donors (Lipinski definition) is 3. The third kappa shape index (κ3) is 4.12. The monoisotopic (exact) mass is 573 g/mol. The number of aromatic hydroxyl groups is 1. The first kappa shape index (κ1) is 28.2. The van der Waals surface area contributed by atoms with Gasteiger partial charge in [0.1, 0.15) is 6.10 Å². The molecule has 7 rings (SSSR count). The molecule has 0 radical (unpaired) electrons. The molecule has 3 fully saturated rings. The van der Waals surface area contributed by atoms with Crippen molar-refractivity contribution in [2.24, 2.45) is 5.92 Å². The third-order valence-corrected chi connectivity index (χ3v) is 10.2. The Labute approximate surface area is 238 Å². The zero-order chi connectivity index (χ0) is 28.0. The topological polar surface area (TPSA) is 85.3 Å². The van der Waals surface area contributed by atoms with Gasteiger partial charge >= 0.3 is 12.2 Å². The molecule has 5 atom stereocenters. The molecule has 1 saturated heterocycles. The van der Waals surface area contributed by atoms with Gasteiger partial charge in [0, 0.05) is 31.7 Å². The number of nitrogens with one attached hydrogen (secondary N) is 1.